The van der Waals surface area contributed by atoms with Crippen LogP contribution in [0.25, 0.3) is 0 Å². The lowest BCUT2D eigenvalue weighted by Crippen LogP contribution is -2.36. The minimum Gasteiger partial charge on any atom is -0.453 e. The highest BCUT2D eigenvalue weighted by Gasteiger charge is 2.31. The lowest BCUT2D eigenvalue weighted by molar-refractivity contribution is -0.137. The van der Waals surface area contributed by atoms with Crippen LogP contribution >= 0.6 is 0 Å². The second-order valence-corrected chi connectivity index (χ2v) is 6.00. The summed E-state index contributed by atoms with van der Waals surface area (Å²) in [7, 11) is 1.29. The van der Waals surface area contributed by atoms with Crippen molar-refractivity contribution in [3.8, 4) is 0 Å². The third-order valence-electron chi connectivity index (χ3n) is 4.26. The van der Waals surface area contributed by atoms with Gasteiger partial charge in [0, 0.05) is 24.6 Å². The molecule has 9 heteroatoms. The van der Waals surface area contributed by atoms with Crippen molar-refractivity contribution in [3.05, 3.63) is 58.9 Å². The monoisotopic (exact) mass is 379 g/mol. The Bertz CT molecular complexity index is 884. The number of ether oxygens (including phenoxy) is 1. The molecule has 1 aromatic heterocycles. The fourth-order valence-corrected chi connectivity index (χ4v) is 2.95. The van der Waals surface area contributed by atoms with Gasteiger partial charge in [0.25, 0.3) is 5.91 Å². The van der Waals surface area contributed by atoms with Crippen LogP contribution in [0.15, 0.2) is 36.7 Å². The van der Waals surface area contributed by atoms with Crippen molar-refractivity contribution < 1.29 is 27.5 Å². The molecule has 2 heterocycles. The van der Waals surface area contributed by atoms with E-state index in [9.17, 15) is 22.8 Å². The summed E-state index contributed by atoms with van der Waals surface area (Å²) < 4.78 is 43.2. The first kappa shape index (κ1) is 18.7. The Morgan fingerprint density at radius 1 is 1.26 bits per heavy atom. The zero-order valence-corrected chi connectivity index (χ0v) is 14.3. The molecule has 1 aliphatic heterocycles. The fraction of sp³-hybridized carbons (Fsp3) is 0.278. The van der Waals surface area contributed by atoms with E-state index < -0.39 is 23.7 Å². The number of nitrogens with zero attached hydrogens (tertiary/aromatic N) is 2. The van der Waals surface area contributed by atoms with Gasteiger partial charge < -0.3 is 15.0 Å². The molecule has 2 aromatic rings. The number of methoxy groups -OCH3 is 1. The Morgan fingerprint density at radius 3 is 2.74 bits per heavy atom. The first-order valence-corrected chi connectivity index (χ1v) is 8.07. The van der Waals surface area contributed by atoms with Crippen LogP contribution in [0, 0.1) is 0 Å². The second-order valence-electron chi connectivity index (χ2n) is 6.00. The number of amides is 2. The molecule has 1 aliphatic rings. The fourth-order valence-electron chi connectivity index (χ4n) is 2.95. The summed E-state index contributed by atoms with van der Waals surface area (Å²) in [4.78, 5) is 29.7. The Morgan fingerprint density at radius 2 is 2.04 bits per heavy atom. The summed E-state index contributed by atoms with van der Waals surface area (Å²) in [5.41, 5.74) is 0.883. The van der Waals surface area contributed by atoms with E-state index in [1.807, 2.05) is 0 Å². The number of hydrogen-bond acceptors (Lipinski definition) is 4. The molecular weight excluding hydrogens is 363 g/mol. The number of rotatable bonds is 2. The van der Waals surface area contributed by atoms with Gasteiger partial charge in [-0.15, -0.1) is 0 Å². The van der Waals surface area contributed by atoms with Crippen molar-refractivity contribution in [2.45, 2.75) is 19.1 Å². The van der Waals surface area contributed by atoms with Crippen LogP contribution in [-0.4, -0.2) is 35.5 Å². The number of carbonyl (C=O) groups is 2. The molecule has 0 unspecified atom stereocenters. The van der Waals surface area contributed by atoms with Crippen LogP contribution in [0.2, 0.25) is 0 Å². The topological polar surface area (TPSA) is 71.5 Å². The van der Waals surface area contributed by atoms with E-state index >= 15 is 0 Å². The standard InChI is InChI=1S/C18H16F3N3O3/c1-27-17(26)24-6-5-14-11(10-24)8-22-9-15(14)16(25)23-13-4-2-3-12(7-13)18(19,20)21/h2-4,7-9H,5-6,10H2,1H3,(H,23,25). The van der Waals surface area contributed by atoms with E-state index in [4.69, 9.17) is 4.74 Å². The third kappa shape index (κ3) is 4.02. The molecule has 0 fully saturated rings. The lowest BCUT2D eigenvalue weighted by Gasteiger charge is -2.28. The Labute approximate surface area is 152 Å². The van der Waals surface area contributed by atoms with Crippen molar-refractivity contribution in [1.29, 1.82) is 0 Å². The number of hydrogen-bond donors (Lipinski definition) is 1. The first-order chi connectivity index (χ1) is 12.8. The van der Waals surface area contributed by atoms with Gasteiger partial charge in [0.05, 0.1) is 24.8 Å². The van der Waals surface area contributed by atoms with Crippen molar-refractivity contribution >= 4 is 17.7 Å². The predicted molar refractivity (Wildman–Crippen MR) is 90.2 cm³/mol. The van der Waals surface area contributed by atoms with Gasteiger partial charge in [-0.1, -0.05) is 6.07 Å². The van der Waals surface area contributed by atoms with Crippen LogP contribution in [0.4, 0.5) is 23.7 Å². The number of carbonyl (C=O) groups excluding carboxylic acids is 2. The smallest absolute Gasteiger partial charge is 0.416 e. The van der Waals surface area contributed by atoms with E-state index in [-0.39, 0.29) is 17.8 Å². The van der Waals surface area contributed by atoms with Gasteiger partial charge >= 0.3 is 12.3 Å². The molecule has 1 N–H and O–H groups in total. The molecule has 27 heavy (non-hydrogen) atoms. The van der Waals surface area contributed by atoms with E-state index in [2.05, 4.69) is 10.3 Å². The second kappa shape index (κ2) is 7.26. The molecule has 2 amide bonds. The van der Waals surface area contributed by atoms with Gasteiger partial charge in [0.2, 0.25) is 0 Å². The molecule has 0 spiro atoms. The number of aromatic nitrogens is 1. The van der Waals surface area contributed by atoms with E-state index in [0.717, 1.165) is 17.7 Å². The van der Waals surface area contributed by atoms with Crippen LogP contribution in [-0.2, 0) is 23.9 Å². The lowest BCUT2D eigenvalue weighted by atomic mass is 9.97. The molecule has 0 atom stereocenters. The van der Waals surface area contributed by atoms with Crippen LogP contribution in [0.1, 0.15) is 27.0 Å². The maximum atomic E-state index is 12.8. The Hall–Kier alpha value is -3.10. The highest BCUT2D eigenvalue weighted by atomic mass is 19.4. The summed E-state index contributed by atoms with van der Waals surface area (Å²) >= 11 is 0. The number of benzene rings is 1. The highest BCUT2D eigenvalue weighted by Crippen LogP contribution is 2.31. The Kier molecular flexibility index (Phi) is 5.02. The van der Waals surface area contributed by atoms with E-state index in [1.54, 1.807) is 6.20 Å². The number of alkyl halides is 3. The summed E-state index contributed by atoms with van der Waals surface area (Å²) in [6, 6.07) is 4.42. The SMILES string of the molecule is COC(=O)N1CCc2c(cncc2C(=O)Nc2cccc(C(F)(F)F)c2)C1. The van der Waals surface area contributed by atoms with Gasteiger partial charge in [0.1, 0.15) is 0 Å². The third-order valence-corrected chi connectivity index (χ3v) is 4.26. The molecule has 0 saturated carbocycles. The predicted octanol–water partition coefficient (Wildman–Crippen LogP) is 3.48. The van der Waals surface area contributed by atoms with Crippen LogP contribution < -0.4 is 5.32 Å². The molecule has 0 radical (unpaired) electrons. The Balaban J connectivity index is 1.82. The van der Waals surface area contributed by atoms with Gasteiger partial charge in [-0.3, -0.25) is 9.78 Å². The van der Waals surface area contributed by atoms with Gasteiger partial charge in [0.15, 0.2) is 0 Å². The number of halogens is 3. The molecule has 1 aromatic carbocycles. The van der Waals surface area contributed by atoms with Gasteiger partial charge in [-0.25, -0.2) is 4.79 Å². The van der Waals surface area contributed by atoms with E-state index in [1.165, 1.54) is 30.3 Å². The highest BCUT2D eigenvalue weighted by molar-refractivity contribution is 6.05. The molecule has 3 rings (SSSR count). The maximum Gasteiger partial charge on any atom is 0.416 e. The summed E-state index contributed by atoms with van der Waals surface area (Å²) in [6.45, 7) is 0.618. The molecule has 0 bridgehead atoms. The molecule has 0 aliphatic carbocycles. The van der Waals surface area contributed by atoms with Crippen molar-refractivity contribution in [2.24, 2.45) is 0 Å². The quantitative estimate of drug-likeness (QED) is 0.867. The van der Waals surface area contributed by atoms with Gasteiger partial charge in [-0.05, 0) is 35.7 Å². The number of pyridine rings is 1. The first-order valence-electron chi connectivity index (χ1n) is 8.07. The zero-order chi connectivity index (χ0) is 19.6. The van der Waals surface area contributed by atoms with Crippen LogP contribution in [0.3, 0.4) is 0 Å². The van der Waals surface area contributed by atoms with Crippen molar-refractivity contribution in [3.63, 3.8) is 0 Å². The van der Waals surface area contributed by atoms with Crippen LogP contribution in [0.5, 0.6) is 0 Å². The minimum absolute atomic E-state index is 0.0411. The minimum atomic E-state index is -4.49. The molecule has 142 valence electrons. The molecular formula is C18H16F3N3O3. The maximum absolute atomic E-state index is 12.8. The van der Waals surface area contributed by atoms with Crippen molar-refractivity contribution in [2.75, 3.05) is 19.0 Å². The average Bonchev–Trinajstić information content (AvgIpc) is 2.65. The average molecular weight is 379 g/mol. The van der Waals surface area contributed by atoms with Crippen molar-refractivity contribution in [1.82, 2.24) is 9.88 Å². The normalized spacial score (nSPS) is 13.7. The summed E-state index contributed by atoms with van der Waals surface area (Å²) in [5, 5.41) is 2.48. The van der Waals surface area contributed by atoms with Gasteiger partial charge in [-0.2, -0.15) is 13.2 Å². The molecule has 0 saturated heterocycles. The molecule has 6 nitrogen and oxygen atoms in total. The number of anilines is 1. The largest absolute Gasteiger partial charge is 0.453 e. The number of fused-ring (bicyclic) bond motifs is 1. The van der Waals surface area contributed by atoms with E-state index in [0.29, 0.717) is 18.5 Å². The summed E-state index contributed by atoms with van der Waals surface area (Å²) in [5.74, 6) is -0.551. The summed E-state index contributed by atoms with van der Waals surface area (Å²) in [6.07, 6.45) is -1.62. The zero-order valence-electron chi connectivity index (χ0n) is 14.3. The number of nitrogens with one attached hydrogen (secondary N) is 1.